The van der Waals surface area contributed by atoms with Gasteiger partial charge in [-0.05, 0) is 184 Å². The molecule has 9 aromatic carbocycles. The van der Waals surface area contributed by atoms with Gasteiger partial charge in [0.25, 0.3) is 0 Å². The molecule has 0 radical (unpaired) electrons. The molecular formula is C66H54N6O3. The van der Waals surface area contributed by atoms with Crippen molar-refractivity contribution in [1.29, 1.82) is 0 Å². The number of carbonyl (C=O) groups is 3. The van der Waals surface area contributed by atoms with Crippen molar-refractivity contribution >= 4 is 68.5 Å². The van der Waals surface area contributed by atoms with E-state index in [0.717, 1.165) is 67.5 Å². The summed E-state index contributed by atoms with van der Waals surface area (Å²) in [5, 5.41) is 0. The average molecular weight is 979 g/mol. The summed E-state index contributed by atoms with van der Waals surface area (Å²) >= 11 is 0. The minimum Gasteiger partial charge on any atom is -0.310 e. The lowest BCUT2D eigenvalue weighted by Gasteiger charge is -2.26. The van der Waals surface area contributed by atoms with Crippen LogP contribution in [0.2, 0.25) is 0 Å². The zero-order chi connectivity index (χ0) is 52.2. The molecule has 0 aliphatic heterocycles. The molecule has 0 aliphatic rings. The number of hydrogen-bond donors (Lipinski definition) is 0. The van der Waals surface area contributed by atoms with Crippen LogP contribution in [0.5, 0.6) is 0 Å². The Morgan fingerprint density at radius 3 is 0.613 bits per heavy atom. The number of aryl methyl sites for hydroxylation is 6. The van der Waals surface area contributed by atoms with Crippen molar-refractivity contribution in [3.05, 3.63) is 286 Å². The maximum Gasteiger partial charge on any atom is 0.230 e. The maximum atomic E-state index is 15.0. The van der Waals surface area contributed by atoms with Gasteiger partial charge in [-0.15, -0.1) is 0 Å². The molecule has 1 aromatic heterocycles. The van der Waals surface area contributed by atoms with Gasteiger partial charge in [-0.1, -0.05) is 109 Å². The normalized spacial score (nSPS) is 11.0. The highest BCUT2D eigenvalue weighted by atomic mass is 16.1. The van der Waals surface area contributed by atoms with Crippen LogP contribution in [0.1, 0.15) is 81.9 Å². The Morgan fingerprint density at radius 1 is 0.253 bits per heavy atom. The molecule has 0 fully saturated rings. The largest absolute Gasteiger partial charge is 0.310 e. The summed E-state index contributed by atoms with van der Waals surface area (Å²) in [4.78, 5) is 65.2. The number of nitrogens with zero attached hydrogens (tertiary/aromatic N) is 6. The second kappa shape index (κ2) is 21.2. The molecular weight excluding hydrogens is 925 g/mol. The van der Waals surface area contributed by atoms with Gasteiger partial charge < -0.3 is 14.7 Å². The first-order valence-corrected chi connectivity index (χ1v) is 24.9. The summed E-state index contributed by atoms with van der Waals surface area (Å²) in [5.41, 5.74) is 14.8. The third-order valence-corrected chi connectivity index (χ3v) is 12.9. The predicted octanol–water partition coefficient (Wildman–Crippen LogP) is 15.8. The summed E-state index contributed by atoms with van der Waals surface area (Å²) in [5.74, 6) is -2.81. The number of aromatic nitrogens is 3. The van der Waals surface area contributed by atoms with Gasteiger partial charge in [0, 0.05) is 67.9 Å². The molecule has 1 heterocycles. The number of rotatable bonds is 15. The topological polar surface area (TPSA) is 99.6 Å². The van der Waals surface area contributed by atoms with Crippen LogP contribution >= 0.6 is 0 Å². The highest BCUT2D eigenvalue weighted by molar-refractivity contribution is 6.13. The fraction of sp³-hybridized carbons (Fsp3) is 0.0909. The Morgan fingerprint density at radius 2 is 0.427 bits per heavy atom. The van der Waals surface area contributed by atoms with Crippen LogP contribution < -0.4 is 14.7 Å². The van der Waals surface area contributed by atoms with Gasteiger partial charge in [0.15, 0.2) is 0 Å². The van der Waals surface area contributed by atoms with E-state index >= 15 is 14.4 Å². The zero-order valence-corrected chi connectivity index (χ0v) is 42.7. The highest BCUT2D eigenvalue weighted by Crippen LogP contribution is 2.39. The minimum atomic E-state index is -0.589. The first-order valence-electron chi connectivity index (χ1n) is 24.9. The van der Waals surface area contributed by atoms with Gasteiger partial charge in [-0.3, -0.25) is 14.4 Å². The monoisotopic (exact) mass is 978 g/mol. The first kappa shape index (κ1) is 49.0. The molecule has 0 amide bonds. The lowest BCUT2D eigenvalue weighted by atomic mass is 10.0. The van der Waals surface area contributed by atoms with E-state index < -0.39 is 17.3 Å². The summed E-state index contributed by atoms with van der Waals surface area (Å²) in [6, 6.07) is 70.6. The van der Waals surface area contributed by atoms with Crippen LogP contribution in [0, 0.1) is 41.5 Å². The van der Waals surface area contributed by atoms with E-state index in [4.69, 9.17) is 0 Å². The average Bonchev–Trinajstić information content (AvgIpc) is 3.41. The van der Waals surface area contributed by atoms with Gasteiger partial charge in [-0.2, -0.15) is 0 Å². The van der Waals surface area contributed by atoms with E-state index in [9.17, 15) is 0 Å². The van der Waals surface area contributed by atoms with Crippen molar-refractivity contribution in [2.24, 2.45) is 0 Å². The zero-order valence-electron chi connectivity index (χ0n) is 42.7. The molecule has 10 rings (SSSR count). The SMILES string of the molecule is Cc1cccc(N(c2cccc(C)c2)c2cccc(C(=O)c3nc(C(=O)c4cccc(N(c5cccc(C)c5)c5cccc(C)c5)c4)nc(C(=O)c4cccc(N(c5cccc(C)c5)c5cccc(C)c5)c4)n3)c2)c1. The van der Waals surface area contributed by atoms with Gasteiger partial charge in [0.1, 0.15) is 0 Å². The predicted molar refractivity (Wildman–Crippen MR) is 302 cm³/mol. The number of benzene rings is 9. The number of carbonyl (C=O) groups excluding carboxylic acids is 3. The maximum absolute atomic E-state index is 15.0. The summed E-state index contributed by atoms with van der Waals surface area (Å²) in [7, 11) is 0. The molecule has 0 spiro atoms. The van der Waals surface area contributed by atoms with E-state index in [1.54, 1.807) is 54.6 Å². The fourth-order valence-corrected chi connectivity index (χ4v) is 9.37. The molecule has 366 valence electrons. The molecule has 0 saturated heterocycles. The van der Waals surface area contributed by atoms with Crippen molar-refractivity contribution in [2.45, 2.75) is 41.5 Å². The summed E-state index contributed by atoms with van der Waals surface area (Å²) < 4.78 is 0. The Balaban J connectivity index is 1.09. The van der Waals surface area contributed by atoms with Crippen molar-refractivity contribution in [2.75, 3.05) is 14.7 Å². The van der Waals surface area contributed by atoms with Crippen molar-refractivity contribution < 1.29 is 14.4 Å². The van der Waals surface area contributed by atoms with Crippen molar-refractivity contribution in [3.63, 3.8) is 0 Å². The van der Waals surface area contributed by atoms with E-state index in [0.29, 0.717) is 17.1 Å². The second-order valence-corrected chi connectivity index (χ2v) is 19.0. The quantitative estimate of drug-likeness (QED) is 0.0930. The van der Waals surface area contributed by atoms with E-state index in [2.05, 4.69) is 66.0 Å². The molecule has 0 saturated carbocycles. The van der Waals surface area contributed by atoms with E-state index in [1.807, 2.05) is 169 Å². The van der Waals surface area contributed by atoms with Crippen LogP contribution in [-0.4, -0.2) is 32.3 Å². The molecule has 0 unspecified atom stereocenters. The van der Waals surface area contributed by atoms with Gasteiger partial charge >= 0.3 is 0 Å². The van der Waals surface area contributed by atoms with Crippen LogP contribution in [-0.2, 0) is 0 Å². The van der Waals surface area contributed by atoms with Crippen molar-refractivity contribution in [1.82, 2.24) is 15.0 Å². The Bertz CT molecular complexity index is 3270. The lowest BCUT2D eigenvalue weighted by Crippen LogP contribution is -2.20. The number of hydrogen-bond acceptors (Lipinski definition) is 9. The smallest absolute Gasteiger partial charge is 0.230 e. The second-order valence-electron chi connectivity index (χ2n) is 19.0. The third kappa shape index (κ3) is 10.8. The number of anilines is 9. The molecule has 0 aliphatic carbocycles. The molecule has 0 bridgehead atoms. The van der Waals surface area contributed by atoms with Crippen molar-refractivity contribution in [3.8, 4) is 0 Å². The number of ketones is 3. The third-order valence-electron chi connectivity index (χ3n) is 12.9. The summed E-state index contributed by atoms with van der Waals surface area (Å²) in [6.07, 6.45) is 0. The molecule has 0 N–H and O–H groups in total. The molecule has 0 atom stereocenters. The Hall–Kier alpha value is -9.60. The van der Waals surface area contributed by atoms with Gasteiger partial charge in [-0.25, -0.2) is 15.0 Å². The highest BCUT2D eigenvalue weighted by Gasteiger charge is 2.27. The summed E-state index contributed by atoms with van der Waals surface area (Å²) in [6.45, 7) is 12.2. The van der Waals surface area contributed by atoms with Gasteiger partial charge in [0.05, 0.1) is 0 Å². The van der Waals surface area contributed by atoms with Gasteiger partial charge in [0.2, 0.25) is 34.8 Å². The Labute approximate surface area is 438 Å². The van der Waals surface area contributed by atoms with Crippen LogP contribution in [0.3, 0.4) is 0 Å². The van der Waals surface area contributed by atoms with Crippen LogP contribution in [0.15, 0.2) is 218 Å². The fourth-order valence-electron chi connectivity index (χ4n) is 9.37. The lowest BCUT2D eigenvalue weighted by molar-refractivity contribution is 0.101. The Kier molecular flexibility index (Phi) is 13.9. The van der Waals surface area contributed by atoms with E-state index in [-0.39, 0.29) is 34.2 Å². The standard InChI is InChI=1S/C66H54N6O3/c1-43-16-7-25-52(34-43)70(53-26-8-17-44(2)35-53)58-31-13-22-49(40-58)61(73)64-67-65(62(74)50-23-14-32-59(41-50)71(54-27-9-18-45(3)36-54)55-28-10-19-46(4)37-55)69-66(68-64)63(75)51-24-15-33-60(42-51)72(56-29-11-20-47(5)38-56)57-30-12-21-48(6)39-57/h7-42H,1-6H3. The molecule has 10 aromatic rings. The van der Waals surface area contributed by atoms with Crippen LogP contribution in [0.25, 0.3) is 0 Å². The molecule has 9 heteroatoms. The molecule has 9 nitrogen and oxygen atoms in total. The van der Waals surface area contributed by atoms with Crippen LogP contribution in [0.4, 0.5) is 51.2 Å². The van der Waals surface area contributed by atoms with E-state index in [1.165, 1.54) is 0 Å². The minimum absolute atomic E-state index is 0.253. The first-order chi connectivity index (χ1) is 36.3. The molecule has 75 heavy (non-hydrogen) atoms.